The van der Waals surface area contributed by atoms with E-state index in [0.717, 1.165) is 58.3 Å². The second kappa shape index (κ2) is 12.3. The first-order valence-electron chi connectivity index (χ1n) is 11.3. The van der Waals surface area contributed by atoms with Gasteiger partial charge < -0.3 is 20.3 Å². The number of nitrogens with one attached hydrogen (secondary N) is 2. The molecule has 0 spiro atoms. The van der Waals surface area contributed by atoms with Gasteiger partial charge in [-0.2, -0.15) is 0 Å². The molecule has 1 aliphatic heterocycles. The van der Waals surface area contributed by atoms with Crippen LogP contribution in [-0.4, -0.2) is 64.3 Å². The zero-order valence-electron chi connectivity index (χ0n) is 19.2. The second-order valence-electron chi connectivity index (χ2n) is 8.09. The van der Waals surface area contributed by atoms with Gasteiger partial charge in [0, 0.05) is 52.5 Å². The van der Waals surface area contributed by atoms with Crippen molar-refractivity contribution in [1.29, 1.82) is 0 Å². The first-order valence-corrected chi connectivity index (χ1v) is 11.3. The summed E-state index contributed by atoms with van der Waals surface area (Å²) in [6.07, 6.45) is 0.964. The molecule has 3 rings (SSSR count). The van der Waals surface area contributed by atoms with Crippen LogP contribution in [0.25, 0.3) is 0 Å². The Bertz CT molecular complexity index is 813. The fourth-order valence-electron chi connectivity index (χ4n) is 3.66. The summed E-state index contributed by atoms with van der Waals surface area (Å²) in [4.78, 5) is 9.43. The predicted molar refractivity (Wildman–Crippen MR) is 130 cm³/mol. The molecular formula is C25H37N5O. The van der Waals surface area contributed by atoms with Crippen LogP contribution < -0.4 is 15.5 Å². The molecule has 1 heterocycles. The van der Waals surface area contributed by atoms with Crippen LogP contribution in [0.15, 0.2) is 53.5 Å². The summed E-state index contributed by atoms with van der Waals surface area (Å²) in [6, 6.07) is 17.4. The average Bonchev–Trinajstić information content (AvgIpc) is 2.79. The van der Waals surface area contributed by atoms with Crippen LogP contribution in [0, 0.1) is 0 Å². The Morgan fingerprint density at radius 3 is 2.39 bits per heavy atom. The van der Waals surface area contributed by atoms with Crippen LogP contribution in [0.2, 0.25) is 0 Å². The summed E-state index contributed by atoms with van der Waals surface area (Å²) in [5.74, 6) is 0.869. The van der Waals surface area contributed by atoms with Crippen LogP contribution in [0.3, 0.4) is 0 Å². The normalized spacial score (nSPS) is 15.0. The molecule has 0 aliphatic carbocycles. The second-order valence-corrected chi connectivity index (χ2v) is 8.09. The van der Waals surface area contributed by atoms with Crippen molar-refractivity contribution in [3.8, 4) is 0 Å². The molecule has 0 bridgehead atoms. The van der Waals surface area contributed by atoms with Gasteiger partial charge in [0.25, 0.3) is 0 Å². The van der Waals surface area contributed by atoms with E-state index < -0.39 is 0 Å². The van der Waals surface area contributed by atoms with Crippen molar-refractivity contribution < 1.29 is 4.74 Å². The Morgan fingerprint density at radius 1 is 1.00 bits per heavy atom. The number of guanidine groups is 1. The van der Waals surface area contributed by atoms with Crippen molar-refractivity contribution in [3.05, 3.63) is 65.2 Å². The molecule has 168 valence electrons. The van der Waals surface area contributed by atoms with Gasteiger partial charge >= 0.3 is 0 Å². The van der Waals surface area contributed by atoms with Crippen LogP contribution in [-0.2, 0) is 24.2 Å². The molecule has 6 nitrogen and oxygen atoms in total. The Kier molecular flexibility index (Phi) is 9.18. The molecular weight excluding hydrogens is 386 g/mol. The van der Waals surface area contributed by atoms with Crippen molar-refractivity contribution in [1.82, 2.24) is 15.5 Å². The van der Waals surface area contributed by atoms with E-state index in [-0.39, 0.29) is 0 Å². The summed E-state index contributed by atoms with van der Waals surface area (Å²) in [6.45, 7) is 9.08. The van der Waals surface area contributed by atoms with E-state index in [9.17, 15) is 0 Å². The number of hydrogen-bond donors (Lipinski definition) is 2. The third-order valence-electron chi connectivity index (χ3n) is 5.53. The van der Waals surface area contributed by atoms with Gasteiger partial charge in [0.05, 0.1) is 19.8 Å². The minimum Gasteiger partial charge on any atom is -0.379 e. The maximum absolute atomic E-state index is 5.48. The summed E-state index contributed by atoms with van der Waals surface area (Å²) >= 11 is 0. The zero-order valence-corrected chi connectivity index (χ0v) is 19.2. The van der Waals surface area contributed by atoms with Crippen LogP contribution in [0.1, 0.15) is 23.6 Å². The highest BCUT2D eigenvalue weighted by molar-refractivity contribution is 5.79. The maximum Gasteiger partial charge on any atom is 0.191 e. The molecule has 0 saturated carbocycles. The molecule has 1 aliphatic rings. The largest absolute Gasteiger partial charge is 0.379 e. The molecule has 31 heavy (non-hydrogen) atoms. The van der Waals surface area contributed by atoms with E-state index in [1.54, 1.807) is 0 Å². The van der Waals surface area contributed by atoms with Gasteiger partial charge in [-0.1, -0.05) is 36.4 Å². The quantitative estimate of drug-likeness (QED) is 0.480. The van der Waals surface area contributed by atoms with E-state index in [0.29, 0.717) is 6.54 Å². The number of benzene rings is 2. The van der Waals surface area contributed by atoms with Gasteiger partial charge in [0.15, 0.2) is 5.96 Å². The molecule has 2 N–H and O–H groups in total. The highest BCUT2D eigenvalue weighted by Crippen LogP contribution is 2.14. The maximum atomic E-state index is 5.48. The van der Waals surface area contributed by atoms with Gasteiger partial charge in [0.1, 0.15) is 0 Å². The van der Waals surface area contributed by atoms with E-state index in [1.807, 2.05) is 0 Å². The lowest BCUT2D eigenvalue weighted by Crippen LogP contribution is -2.38. The van der Waals surface area contributed by atoms with E-state index in [1.165, 1.54) is 22.4 Å². The van der Waals surface area contributed by atoms with E-state index >= 15 is 0 Å². The van der Waals surface area contributed by atoms with E-state index in [4.69, 9.17) is 9.73 Å². The van der Waals surface area contributed by atoms with Gasteiger partial charge in [-0.15, -0.1) is 0 Å². The third-order valence-corrected chi connectivity index (χ3v) is 5.53. The van der Waals surface area contributed by atoms with Gasteiger partial charge in [-0.25, -0.2) is 4.99 Å². The van der Waals surface area contributed by atoms with Crippen LogP contribution in [0.4, 0.5) is 5.69 Å². The van der Waals surface area contributed by atoms with Crippen LogP contribution in [0.5, 0.6) is 0 Å². The average molecular weight is 424 g/mol. The smallest absolute Gasteiger partial charge is 0.191 e. The molecule has 0 atom stereocenters. The molecule has 6 heteroatoms. The molecule has 0 unspecified atom stereocenters. The Hall–Kier alpha value is -2.57. The van der Waals surface area contributed by atoms with E-state index in [2.05, 4.69) is 90.0 Å². The molecule has 1 saturated heterocycles. The van der Waals surface area contributed by atoms with Gasteiger partial charge in [0.2, 0.25) is 0 Å². The summed E-state index contributed by atoms with van der Waals surface area (Å²) in [5.41, 5.74) is 5.18. The van der Waals surface area contributed by atoms with Crippen LogP contribution >= 0.6 is 0 Å². The lowest BCUT2D eigenvalue weighted by Gasteiger charge is -2.27. The molecule has 2 aromatic carbocycles. The molecule has 0 aromatic heterocycles. The molecule has 0 radical (unpaired) electrons. The number of anilines is 1. The number of morpholine rings is 1. The number of aliphatic imine (C=N–C) groups is 1. The van der Waals surface area contributed by atoms with Crippen molar-refractivity contribution in [2.75, 3.05) is 58.4 Å². The topological polar surface area (TPSA) is 52.1 Å². The SMILES string of the molecule is CCNC(=NCc1ccccc1CN1CCOCC1)NCCc1ccc(N(C)C)cc1. The Labute approximate surface area is 187 Å². The third kappa shape index (κ3) is 7.56. The van der Waals surface area contributed by atoms with Crippen molar-refractivity contribution >= 4 is 11.6 Å². The minimum atomic E-state index is 0.674. The number of nitrogens with zero attached hydrogens (tertiary/aromatic N) is 3. The first kappa shape index (κ1) is 23.1. The standard InChI is InChI=1S/C25H37N5O/c1-4-26-25(27-14-13-21-9-11-24(12-10-21)29(2)3)28-19-22-7-5-6-8-23(22)20-30-15-17-31-18-16-30/h5-12H,4,13-20H2,1-3H3,(H2,26,27,28). The Morgan fingerprint density at radius 2 is 1.71 bits per heavy atom. The lowest BCUT2D eigenvalue weighted by molar-refractivity contribution is 0.0341. The molecule has 0 amide bonds. The van der Waals surface area contributed by atoms with Crippen molar-refractivity contribution in [2.24, 2.45) is 4.99 Å². The molecule has 1 fully saturated rings. The summed E-state index contributed by atoms with van der Waals surface area (Å²) in [7, 11) is 4.13. The zero-order chi connectivity index (χ0) is 21.9. The molecule has 2 aromatic rings. The highest BCUT2D eigenvalue weighted by atomic mass is 16.5. The fourth-order valence-corrected chi connectivity index (χ4v) is 3.66. The predicted octanol–water partition coefficient (Wildman–Crippen LogP) is 2.88. The van der Waals surface area contributed by atoms with Crippen molar-refractivity contribution in [2.45, 2.75) is 26.4 Å². The fraction of sp³-hybridized carbons (Fsp3) is 0.480. The van der Waals surface area contributed by atoms with Gasteiger partial charge in [-0.3, -0.25) is 4.90 Å². The van der Waals surface area contributed by atoms with Gasteiger partial charge in [-0.05, 0) is 42.2 Å². The Balaban J connectivity index is 1.55. The number of hydrogen-bond acceptors (Lipinski definition) is 4. The monoisotopic (exact) mass is 423 g/mol. The summed E-state index contributed by atoms with van der Waals surface area (Å²) in [5, 5.41) is 6.85. The number of rotatable bonds is 9. The number of ether oxygens (including phenoxy) is 1. The van der Waals surface area contributed by atoms with Crippen molar-refractivity contribution in [3.63, 3.8) is 0 Å². The highest BCUT2D eigenvalue weighted by Gasteiger charge is 2.12. The summed E-state index contributed by atoms with van der Waals surface area (Å²) < 4.78 is 5.48. The lowest BCUT2D eigenvalue weighted by atomic mass is 10.1. The minimum absolute atomic E-state index is 0.674. The first-order chi connectivity index (χ1) is 15.2.